The maximum atomic E-state index is 4.28. The van der Waals surface area contributed by atoms with E-state index in [0.717, 1.165) is 35.8 Å². The first-order chi connectivity index (χ1) is 19.8. The highest BCUT2D eigenvalue weighted by atomic mass is 32.2. The smallest absolute Gasteiger partial charge is 0.0930 e. The molecule has 0 N–H and O–H groups in total. The molecule has 3 heteroatoms. The summed E-state index contributed by atoms with van der Waals surface area (Å²) in [5.41, 5.74) is 9.12. The van der Waals surface area contributed by atoms with Crippen LogP contribution in [0.3, 0.4) is 0 Å². The Balaban J connectivity index is 0.000000259. The van der Waals surface area contributed by atoms with Gasteiger partial charge in [0.05, 0.1) is 5.04 Å². The molecule has 0 bridgehead atoms. The Morgan fingerprint density at radius 3 is 1.90 bits per heavy atom. The Morgan fingerprint density at radius 1 is 0.780 bits per heavy atom. The fourth-order valence-corrected chi connectivity index (χ4v) is 4.61. The summed E-state index contributed by atoms with van der Waals surface area (Å²) in [5, 5.41) is 9.57. The molecule has 0 heterocycles. The molecule has 0 saturated heterocycles. The van der Waals surface area contributed by atoms with E-state index in [-0.39, 0.29) is 0 Å². The second-order valence-corrected chi connectivity index (χ2v) is 12.2. The lowest BCUT2D eigenvalue weighted by Gasteiger charge is -2.18. The normalized spacial score (nSPS) is 13.3. The Labute approximate surface area is 255 Å². The molecule has 1 aliphatic rings. The zero-order valence-electron chi connectivity index (χ0n) is 26.5. The summed E-state index contributed by atoms with van der Waals surface area (Å²) >= 11 is 1.74. The number of benzene rings is 3. The maximum absolute atomic E-state index is 4.28. The van der Waals surface area contributed by atoms with Crippen molar-refractivity contribution in [1.29, 1.82) is 0 Å². The third-order valence-electron chi connectivity index (χ3n) is 6.84. The highest BCUT2D eigenvalue weighted by Gasteiger charge is 2.12. The van der Waals surface area contributed by atoms with Gasteiger partial charge in [-0.3, -0.25) is 0 Å². The van der Waals surface area contributed by atoms with Crippen molar-refractivity contribution < 1.29 is 0 Å². The largest absolute Gasteiger partial charge is 0.160 e. The summed E-state index contributed by atoms with van der Waals surface area (Å²) in [4.78, 5) is 0. The van der Waals surface area contributed by atoms with Gasteiger partial charge in [0.15, 0.2) is 0 Å². The molecule has 0 amide bonds. The minimum Gasteiger partial charge on any atom is -0.160 e. The van der Waals surface area contributed by atoms with Gasteiger partial charge in [0.1, 0.15) is 0 Å². The number of nitrogens with zero attached hydrogens (tertiary/aromatic N) is 2. The van der Waals surface area contributed by atoms with Gasteiger partial charge >= 0.3 is 0 Å². The van der Waals surface area contributed by atoms with Crippen LogP contribution in [0.4, 0.5) is 0 Å². The topological polar surface area (TPSA) is 24.7 Å². The lowest BCUT2D eigenvalue weighted by atomic mass is 9.87. The summed E-state index contributed by atoms with van der Waals surface area (Å²) in [5.74, 6) is 1.37. The van der Waals surface area contributed by atoms with E-state index in [1.165, 1.54) is 65.5 Å². The zero-order valence-corrected chi connectivity index (χ0v) is 27.3. The van der Waals surface area contributed by atoms with Crippen LogP contribution in [0.15, 0.2) is 101 Å². The summed E-state index contributed by atoms with van der Waals surface area (Å²) in [6.45, 7) is 16.9. The molecular formula is C38H52N2S. The Morgan fingerprint density at radius 2 is 1.37 bits per heavy atom. The predicted molar refractivity (Wildman–Crippen MR) is 186 cm³/mol. The lowest BCUT2D eigenvalue weighted by molar-refractivity contribution is 0.788. The summed E-state index contributed by atoms with van der Waals surface area (Å²) in [6.07, 6.45) is 10.1. The van der Waals surface area contributed by atoms with Gasteiger partial charge < -0.3 is 0 Å². The van der Waals surface area contributed by atoms with Crippen molar-refractivity contribution in [3.05, 3.63) is 119 Å². The predicted octanol–water partition coefficient (Wildman–Crippen LogP) is 11.5. The van der Waals surface area contributed by atoms with Crippen molar-refractivity contribution in [3.8, 4) is 0 Å². The fraction of sp³-hybridized carbons (Fsp3) is 0.421. The second-order valence-electron chi connectivity index (χ2n) is 11.1. The van der Waals surface area contributed by atoms with Crippen molar-refractivity contribution in [2.45, 2.75) is 105 Å². The van der Waals surface area contributed by atoms with Gasteiger partial charge in [-0.05, 0) is 75.6 Å². The molecule has 1 aliphatic carbocycles. The Bertz CT molecular complexity index is 1190. The van der Waals surface area contributed by atoms with Crippen LogP contribution >= 0.6 is 11.8 Å². The van der Waals surface area contributed by atoms with E-state index in [0.29, 0.717) is 5.92 Å². The molecule has 4 rings (SSSR count). The van der Waals surface area contributed by atoms with E-state index < -0.39 is 0 Å². The van der Waals surface area contributed by atoms with Crippen LogP contribution in [0.25, 0.3) is 0 Å². The number of thioether (sulfide) groups is 1. The van der Waals surface area contributed by atoms with Crippen LogP contribution in [-0.2, 0) is 18.6 Å². The molecule has 1 fully saturated rings. The van der Waals surface area contributed by atoms with Crippen LogP contribution < -0.4 is 0 Å². The number of allylic oxidation sites excluding steroid dienone is 1. The first kappa shape index (κ1) is 34.3. The number of aryl methyl sites for hydroxylation is 2. The van der Waals surface area contributed by atoms with E-state index in [1.54, 1.807) is 11.8 Å². The van der Waals surface area contributed by atoms with Crippen molar-refractivity contribution in [1.82, 2.24) is 0 Å². The molecule has 3 aromatic carbocycles. The first-order valence-electron chi connectivity index (χ1n) is 15.4. The molecule has 0 radical (unpaired) electrons. The summed E-state index contributed by atoms with van der Waals surface area (Å²) < 4.78 is 0. The van der Waals surface area contributed by atoms with E-state index >= 15 is 0 Å². The third kappa shape index (κ3) is 15.6. The average molecular weight is 569 g/mol. The monoisotopic (exact) mass is 568 g/mol. The molecule has 2 nitrogen and oxygen atoms in total. The van der Waals surface area contributed by atoms with E-state index in [2.05, 4.69) is 130 Å². The van der Waals surface area contributed by atoms with Gasteiger partial charge in [0, 0.05) is 17.4 Å². The van der Waals surface area contributed by atoms with Crippen molar-refractivity contribution in [2.24, 2.45) is 10.2 Å². The highest BCUT2D eigenvalue weighted by molar-refractivity contribution is 8.13. The molecule has 1 unspecified atom stereocenters. The number of rotatable bonds is 11. The lowest BCUT2D eigenvalue weighted by Crippen LogP contribution is -2.04. The van der Waals surface area contributed by atoms with Crippen molar-refractivity contribution in [3.63, 3.8) is 0 Å². The second kappa shape index (κ2) is 20.0. The van der Waals surface area contributed by atoms with Gasteiger partial charge in [0.2, 0.25) is 0 Å². The van der Waals surface area contributed by atoms with Gasteiger partial charge in [0.25, 0.3) is 0 Å². The van der Waals surface area contributed by atoms with E-state index in [1.807, 2.05) is 6.92 Å². The third-order valence-corrected chi connectivity index (χ3v) is 7.82. The number of unbranched alkanes of at least 4 members (excludes halogenated alkanes) is 1. The molecule has 1 atom stereocenters. The first-order valence-corrected chi connectivity index (χ1v) is 16.3. The summed E-state index contributed by atoms with van der Waals surface area (Å²) in [7, 11) is 0. The van der Waals surface area contributed by atoms with E-state index in [4.69, 9.17) is 0 Å². The fourth-order valence-electron chi connectivity index (χ4n) is 3.95. The van der Waals surface area contributed by atoms with Crippen molar-refractivity contribution in [2.75, 3.05) is 0 Å². The number of hydrogen-bond donors (Lipinski definition) is 0. The average Bonchev–Trinajstić information content (AvgIpc) is 3.88. The zero-order chi connectivity index (χ0) is 29.9. The van der Waals surface area contributed by atoms with Gasteiger partial charge in [-0.2, -0.15) is 5.10 Å². The van der Waals surface area contributed by atoms with E-state index in [9.17, 15) is 0 Å². The molecule has 0 spiro atoms. The Hall–Kier alpha value is -2.91. The number of hydrogen-bond acceptors (Lipinski definition) is 3. The molecule has 1 saturated carbocycles. The van der Waals surface area contributed by atoms with Crippen LogP contribution in [-0.4, -0.2) is 10.8 Å². The minimum atomic E-state index is 0.411. The molecular weight excluding hydrogens is 516 g/mol. The van der Waals surface area contributed by atoms with Crippen LogP contribution in [0.2, 0.25) is 0 Å². The minimum absolute atomic E-state index is 0.411. The quantitative estimate of drug-likeness (QED) is 0.0977. The van der Waals surface area contributed by atoms with Gasteiger partial charge in [-0.15, -0.1) is 16.9 Å². The van der Waals surface area contributed by atoms with Gasteiger partial charge in [-0.25, -0.2) is 0 Å². The molecule has 3 aromatic rings. The molecule has 0 aliphatic heterocycles. The Kier molecular flexibility index (Phi) is 16.8. The molecule has 0 aromatic heterocycles. The van der Waals surface area contributed by atoms with Gasteiger partial charge in [-0.1, -0.05) is 136 Å². The van der Waals surface area contributed by atoms with Crippen LogP contribution in [0, 0.1) is 6.92 Å². The van der Waals surface area contributed by atoms with Crippen LogP contribution in [0.1, 0.15) is 107 Å². The SMILES string of the molecule is C1CC1.C=C(C)C(Cc1ccc(CC)cc1)c1ccccc1.CCCC/C(C)=N/N=C(\C)SCc1ccc(C)cc1. The van der Waals surface area contributed by atoms with Crippen molar-refractivity contribution >= 4 is 22.5 Å². The highest BCUT2D eigenvalue weighted by Crippen LogP contribution is 2.27. The maximum Gasteiger partial charge on any atom is 0.0930 e. The van der Waals surface area contributed by atoms with Crippen LogP contribution in [0.5, 0.6) is 0 Å². The molecule has 41 heavy (non-hydrogen) atoms. The summed E-state index contributed by atoms with van der Waals surface area (Å²) in [6, 6.07) is 28.3. The molecule has 220 valence electrons. The standard InChI is InChI=1S/C19H22.C16H24N2S.C3H6/c1-4-16-10-12-17(13-11-16)14-19(15(2)3)18-8-6-5-7-9-18;1-5-6-7-14(3)17-18-15(4)19-12-16-10-8-13(2)9-11-16;1-2-3-1/h5-13,19H,2,4,14H2,1,3H3;8-11H,5-7,12H2,1-4H3;1-3H2/b;17-14+,18-15+;.